The molecule has 0 bridgehead atoms. The van der Waals surface area contributed by atoms with Crippen LogP contribution in [0.5, 0.6) is 0 Å². The number of aliphatic carboxylic acids is 2. The third-order valence-corrected chi connectivity index (χ3v) is 5.53. The van der Waals surface area contributed by atoms with Gasteiger partial charge in [-0.2, -0.15) is 0 Å². The van der Waals surface area contributed by atoms with Crippen molar-refractivity contribution in [1.82, 2.24) is 39.9 Å². The van der Waals surface area contributed by atoms with Gasteiger partial charge in [-0.05, 0) is 0 Å². The van der Waals surface area contributed by atoms with Crippen molar-refractivity contribution in [2.45, 2.75) is 6.54 Å². The number of rotatable bonds is 10. The fourth-order valence-corrected chi connectivity index (χ4v) is 3.76. The first kappa shape index (κ1) is 32.3. The third kappa shape index (κ3) is 13.5. The normalized spacial score (nSPS) is 17.4. The molecule has 0 saturated carbocycles. The third-order valence-electron chi connectivity index (χ3n) is 5.53. The second-order valence-corrected chi connectivity index (χ2v) is 8.57. The SMILES string of the molecule is C=C([O-])CN1CCN(CC(=O)[O-])CCN(CC(=O)NCc2cn(C)nn2)CCN(CC(=O)O)CC1.[Gd]. The summed E-state index contributed by atoms with van der Waals surface area (Å²) >= 11 is 0. The largest absolute Gasteiger partial charge is 0.875 e. The number of nitrogens with one attached hydrogen (secondary N) is 1. The number of nitrogens with zero attached hydrogens (tertiary/aromatic N) is 7. The summed E-state index contributed by atoms with van der Waals surface area (Å²) in [6.45, 7) is 6.48. The maximum atomic E-state index is 12.6. The number of carbonyl (C=O) groups excluding carboxylic acids is 2. The summed E-state index contributed by atoms with van der Waals surface area (Å²) in [4.78, 5) is 42.3. The van der Waals surface area contributed by atoms with E-state index in [1.54, 1.807) is 23.0 Å². The number of aryl methyl sites for hydroxylation is 1. The van der Waals surface area contributed by atoms with Crippen LogP contribution < -0.4 is 15.5 Å². The number of carboxylic acids is 2. The number of hydrogen-bond acceptors (Lipinski definition) is 11. The number of carbonyl (C=O) groups is 3. The number of carboxylic acid groups (broad SMARTS) is 2. The maximum Gasteiger partial charge on any atom is 0.317 e. The van der Waals surface area contributed by atoms with Crippen molar-refractivity contribution in [3.63, 3.8) is 0 Å². The van der Waals surface area contributed by atoms with Gasteiger partial charge in [0.2, 0.25) is 5.91 Å². The molecule has 36 heavy (non-hydrogen) atoms. The molecular weight excluding hydrogens is 618 g/mol. The fraction of sp³-hybridized carbons (Fsp3) is 0.667. The molecule has 15 heteroatoms. The summed E-state index contributed by atoms with van der Waals surface area (Å²) in [5.74, 6) is -2.69. The summed E-state index contributed by atoms with van der Waals surface area (Å²) < 4.78 is 1.54. The van der Waals surface area contributed by atoms with E-state index in [0.717, 1.165) is 0 Å². The zero-order valence-corrected chi connectivity index (χ0v) is 22.7. The number of amides is 1. The molecule has 1 aliphatic heterocycles. The molecule has 0 radical (unpaired) electrons. The smallest absolute Gasteiger partial charge is 0.317 e. The first-order valence-electron chi connectivity index (χ1n) is 11.4. The molecule has 204 valence electrons. The number of aromatic nitrogens is 3. The minimum atomic E-state index is -1.21. The molecule has 0 aromatic carbocycles. The Morgan fingerprint density at radius 3 is 1.81 bits per heavy atom. The van der Waals surface area contributed by atoms with Crippen LogP contribution in [0.2, 0.25) is 0 Å². The van der Waals surface area contributed by atoms with Crippen molar-refractivity contribution in [2.24, 2.45) is 7.05 Å². The molecule has 1 amide bonds. The molecule has 0 spiro atoms. The molecular formula is C21H34GdN8O6-2. The zero-order valence-electron chi connectivity index (χ0n) is 20.4. The average Bonchev–Trinajstić information content (AvgIpc) is 3.18. The van der Waals surface area contributed by atoms with Crippen LogP contribution in [0.4, 0.5) is 0 Å². The molecule has 2 N–H and O–H groups in total. The van der Waals surface area contributed by atoms with Crippen LogP contribution in [0, 0.1) is 39.9 Å². The van der Waals surface area contributed by atoms with Gasteiger partial charge in [0.1, 0.15) is 5.69 Å². The van der Waals surface area contributed by atoms with Gasteiger partial charge < -0.3 is 25.4 Å². The first-order chi connectivity index (χ1) is 16.6. The standard InChI is InChI=1S/C21H36N8O6.Gd/c1-17(30)12-26-3-7-28(15-20(32)33)9-5-27(6-10-29(8-4-26)16-21(34)35)14-19(31)22-11-18-13-25(2)24-23-18;/h13,30H,1,3-12,14-16H2,2H3,(H,22,31)(H,32,33)(H,34,35);/p-2. The number of hydrogen-bond donors (Lipinski definition) is 2. The minimum absolute atomic E-state index is 0. The van der Waals surface area contributed by atoms with Gasteiger partial charge in [0, 0.05) is 119 Å². The molecule has 0 aliphatic carbocycles. The molecule has 1 aliphatic rings. The van der Waals surface area contributed by atoms with Crippen LogP contribution in [-0.2, 0) is 28.0 Å². The van der Waals surface area contributed by atoms with Crippen LogP contribution in [0.3, 0.4) is 0 Å². The molecule has 0 unspecified atom stereocenters. The van der Waals surface area contributed by atoms with E-state index in [0.29, 0.717) is 58.1 Å². The van der Waals surface area contributed by atoms with Gasteiger partial charge in [0.05, 0.1) is 25.6 Å². The predicted molar refractivity (Wildman–Crippen MR) is 120 cm³/mol. The van der Waals surface area contributed by atoms with Crippen LogP contribution in [0.15, 0.2) is 18.5 Å². The Bertz CT molecular complexity index is 837. The Balaban J connectivity index is 0.00000648. The molecule has 1 aromatic heterocycles. The second-order valence-electron chi connectivity index (χ2n) is 8.57. The van der Waals surface area contributed by atoms with Crippen molar-refractivity contribution in [2.75, 3.05) is 78.5 Å². The van der Waals surface area contributed by atoms with Gasteiger partial charge >= 0.3 is 5.97 Å². The summed E-state index contributed by atoms with van der Waals surface area (Å²) in [6.07, 6.45) is 1.70. The van der Waals surface area contributed by atoms with E-state index in [2.05, 4.69) is 22.2 Å². The maximum absolute atomic E-state index is 12.6. The van der Waals surface area contributed by atoms with E-state index < -0.39 is 11.9 Å². The van der Waals surface area contributed by atoms with Crippen LogP contribution in [0.25, 0.3) is 0 Å². The molecule has 2 rings (SSSR count). The predicted octanol–water partition coefficient (Wildman–Crippen LogP) is -4.64. The van der Waals surface area contributed by atoms with Gasteiger partial charge in [-0.1, -0.05) is 5.21 Å². The van der Waals surface area contributed by atoms with Crippen molar-refractivity contribution in [3.05, 3.63) is 24.2 Å². The van der Waals surface area contributed by atoms with Crippen LogP contribution in [0.1, 0.15) is 5.69 Å². The topological polar surface area (TPSA) is 173 Å². The monoisotopic (exact) mass is 652 g/mol. The quantitative estimate of drug-likeness (QED) is 0.232. The molecule has 0 atom stereocenters. The Kier molecular flexibility index (Phi) is 15.1. The Hall–Kier alpha value is -1.75. The van der Waals surface area contributed by atoms with Gasteiger partial charge in [-0.15, -0.1) is 17.4 Å². The van der Waals surface area contributed by atoms with Gasteiger partial charge in [0.15, 0.2) is 0 Å². The van der Waals surface area contributed by atoms with Gasteiger partial charge in [0.25, 0.3) is 0 Å². The van der Waals surface area contributed by atoms with Crippen molar-refractivity contribution in [1.29, 1.82) is 0 Å². The van der Waals surface area contributed by atoms with E-state index in [1.165, 1.54) is 4.68 Å². The van der Waals surface area contributed by atoms with Gasteiger partial charge in [-0.25, -0.2) is 0 Å². The van der Waals surface area contributed by atoms with E-state index in [4.69, 9.17) is 0 Å². The van der Waals surface area contributed by atoms with E-state index in [1.807, 2.05) is 9.80 Å². The molecule has 2 heterocycles. The van der Waals surface area contributed by atoms with E-state index in [9.17, 15) is 29.7 Å². The fourth-order valence-electron chi connectivity index (χ4n) is 3.76. The molecule has 1 aromatic rings. The van der Waals surface area contributed by atoms with Crippen LogP contribution >= 0.6 is 0 Å². The summed E-state index contributed by atoms with van der Waals surface area (Å²) in [5, 5.41) is 42.6. The molecule has 14 nitrogen and oxygen atoms in total. The Morgan fingerprint density at radius 1 is 0.917 bits per heavy atom. The first-order valence-corrected chi connectivity index (χ1v) is 11.4. The van der Waals surface area contributed by atoms with Crippen LogP contribution in [-0.4, -0.2) is 136 Å². The second kappa shape index (κ2) is 16.9. The average molecular weight is 652 g/mol. The van der Waals surface area contributed by atoms with E-state index >= 15 is 0 Å². The van der Waals surface area contributed by atoms with Gasteiger partial charge in [-0.3, -0.25) is 33.9 Å². The Morgan fingerprint density at radius 2 is 1.39 bits per heavy atom. The molecule has 1 fully saturated rings. The molecule has 1 saturated heterocycles. The summed E-state index contributed by atoms with van der Waals surface area (Å²) in [7, 11) is 1.73. The minimum Gasteiger partial charge on any atom is -0.875 e. The van der Waals surface area contributed by atoms with Crippen molar-refractivity contribution in [3.8, 4) is 0 Å². The van der Waals surface area contributed by atoms with E-state index in [-0.39, 0.29) is 84.3 Å². The van der Waals surface area contributed by atoms with Crippen molar-refractivity contribution >= 4 is 17.8 Å². The Labute approximate surface area is 242 Å². The summed E-state index contributed by atoms with van der Waals surface area (Å²) in [5.41, 5.74) is 0.618. The summed E-state index contributed by atoms with van der Waals surface area (Å²) in [6, 6.07) is 0. The van der Waals surface area contributed by atoms with Crippen molar-refractivity contribution < 1.29 is 69.6 Å². The zero-order chi connectivity index (χ0) is 25.8.